The minimum absolute atomic E-state index is 0.0284. The second-order valence-corrected chi connectivity index (χ2v) is 7.71. The topological polar surface area (TPSA) is 86.7 Å². The predicted molar refractivity (Wildman–Crippen MR) is 113 cm³/mol. The molecule has 31 heavy (non-hydrogen) atoms. The van der Waals surface area contributed by atoms with E-state index in [-0.39, 0.29) is 24.7 Å². The Hall–Kier alpha value is -3.13. The largest absolute Gasteiger partial charge is 0.493 e. The number of fused-ring (bicyclic) bond motifs is 1. The highest BCUT2D eigenvalue weighted by Crippen LogP contribution is 2.43. The second kappa shape index (κ2) is 8.55. The van der Waals surface area contributed by atoms with Gasteiger partial charge in [0.05, 0.1) is 21.3 Å². The Morgan fingerprint density at radius 2 is 1.77 bits per heavy atom. The lowest BCUT2D eigenvalue weighted by atomic mass is 9.77. The van der Waals surface area contributed by atoms with Crippen molar-refractivity contribution in [2.75, 3.05) is 47.8 Å². The molecule has 1 saturated heterocycles. The SMILES string of the molecule is COc1cc(C(=O)N2CCC(CCO)(c3ccc4c(c3)OCO4)C2)cc(OC)c1OC. The van der Waals surface area contributed by atoms with Crippen LogP contribution in [0.25, 0.3) is 0 Å². The van der Waals surface area contributed by atoms with Gasteiger partial charge in [0.1, 0.15) is 0 Å². The van der Waals surface area contributed by atoms with Crippen LogP contribution in [-0.2, 0) is 5.41 Å². The Morgan fingerprint density at radius 3 is 2.42 bits per heavy atom. The van der Waals surface area contributed by atoms with Crippen LogP contribution >= 0.6 is 0 Å². The van der Waals surface area contributed by atoms with Crippen LogP contribution in [0.5, 0.6) is 28.7 Å². The van der Waals surface area contributed by atoms with Crippen LogP contribution in [0.15, 0.2) is 30.3 Å². The van der Waals surface area contributed by atoms with Gasteiger partial charge in [-0.25, -0.2) is 0 Å². The first-order valence-electron chi connectivity index (χ1n) is 10.2. The monoisotopic (exact) mass is 429 g/mol. The van der Waals surface area contributed by atoms with Gasteiger partial charge in [0.15, 0.2) is 23.0 Å². The average molecular weight is 429 g/mol. The number of amides is 1. The number of hydrogen-bond donors (Lipinski definition) is 1. The van der Waals surface area contributed by atoms with E-state index in [2.05, 4.69) is 0 Å². The van der Waals surface area contributed by atoms with E-state index >= 15 is 0 Å². The van der Waals surface area contributed by atoms with Crippen molar-refractivity contribution in [3.63, 3.8) is 0 Å². The molecule has 166 valence electrons. The Kier molecular flexibility index (Phi) is 5.82. The predicted octanol–water partition coefficient (Wildman–Crippen LogP) is 2.61. The number of carbonyl (C=O) groups excluding carboxylic acids is 1. The molecule has 2 aromatic rings. The van der Waals surface area contributed by atoms with E-state index in [1.165, 1.54) is 21.3 Å². The van der Waals surface area contributed by atoms with Gasteiger partial charge in [-0.1, -0.05) is 6.07 Å². The van der Waals surface area contributed by atoms with Gasteiger partial charge in [0, 0.05) is 30.7 Å². The van der Waals surface area contributed by atoms with E-state index < -0.39 is 0 Å². The van der Waals surface area contributed by atoms with Crippen LogP contribution in [-0.4, -0.2) is 63.7 Å². The van der Waals surface area contributed by atoms with Crippen molar-refractivity contribution in [1.29, 1.82) is 0 Å². The molecule has 4 rings (SSSR count). The lowest BCUT2D eigenvalue weighted by molar-refractivity contribution is 0.0778. The van der Waals surface area contributed by atoms with Crippen LogP contribution in [0.1, 0.15) is 28.8 Å². The maximum atomic E-state index is 13.4. The van der Waals surface area contributed by atoms with Gasteiger partial charge in [0.25, 0.3) is 5.91 Å². The summed E-state index contributed by atoms with van der Waals surface area (Å²) < 4.78 is 27.1. The third-order valence-electron chi connectivity index (χ3n) is 6.13. The van der Waals surface area contributed by atoms with Crippen molar-refractivity contribution in [2.24, 2.45) is 0 Å². The van der Waals surface area contributed by atoms with Gasteiger partial charge in [-0.15, -0.1) is 0 Å². The number of aliphatic hydroxyl groups is 1. The average Bonchev–Trinajstić information content (AvgIpc) is 3.45. The zero-order valence-electron chi connectivity index (χ0n) is 18.0. The van der Waals surface area contributed by atoms with Crippen molar-refractivity contribution in [3.05, 3.63) is 41.5 Å². The van der Waals surface area contributed by atoms with Crippen LogP contribution in [0, 0.1) is 0 Å². The maximum absolute atomic E-state index is 13.4. The first kappa shape index (κ1) is 21.1. The second-order valence-electron chi connectivity index (χ2n) is 7.71. The molecular weight excluding hydrogens is 402 g/mol. The van der Waals surface area contributed by atoms with E-state index in [0.29, 0.717) is 53.8 Å². The maximum Gasteiger partial charge on any atom is 0.254 e. The Morgan fingerprint density at radius 1 is 1.06 bits per heavy atom. The fraction of sp³-hybridized carbons (Fsp3) is 0.435. The number of likely N-dealkylation sites (tertiary alicyclic amines) is 1. The van der Waals surface area contributed by atoms with Crippen LogP contribution in [0.2, 0.25) is 0 Å². The summed E-state index contributed by atoms with van der Waals surface area (Å²) in [5.41, 5.74) is 1.14. The van der Waals surface area contributed by atoms with Crippen molar-refractivity contribution >= 4 is 5.91 Å². The van der Waals surface area contributed by atoms with Crippen LogP contribution in [0.3, 0.4) is 0 Å². The molecule has 0 radical (unpaired) electrons. The number of rotatable bonds is 7. The molecule has 2 heterocycles. The molecule has 8 nitrogen and oxygen atoms in total. The van der Waals surface area contributed by atoms with Crippen molar-refractivity contribution in [1.82, 2.24) is 4.90 Å². The van der Waals surface area contributed by atoms with E-state index in [1.807, 2.05) is 18.2 Å². The van der Waals surface area contributed by atoms with Gasteiger partial charge in [-0.3, -0.25) is 4.79 Å². The molecule has 8 heteroatoms. The quantitative estimate of drug-likeness (QED) is 0.724. The van der Waals surface area contributed by atoms with Crippen molar-refractivity contribution < 1.29 is 33.6 Å². The summed E-state index contributed by atoms with van der Waals surface area (Å²) in [5.74, 6) is 2.59. The Labute approximate surface area is 181 Å². The molecule has 0 saturated carbocycles. The van der Waals surface area contributed by atoms with Gasteiger partial charge in [0.2, 0.25) is 12.5 Å². The molecule has 0 aliphatic carbocycles. The summed E-state index contributed by atoms with van der Waals surface area (Å²) in [7, 11) is 4.57. The molecule has 1 amide bonds. The summed E-state index contributed by atoms with van der Waals surface area (Å²) in [6, 6.07) is 9.18. The number of ether oxygens (including phenoxy) is 5. The van der Waals surface area contributed by atoms with Gasteiger partial charge in [-0.05, 0) is 42.7 Å². The molecule has 1 atom stereocenters. The van der Waals surface area contributed by atoms with Gasteiger partial charge < -0.3 is 33.7 Å². The third-order valence-corrected chi connectivity index (χ3v) is 6.13. The van der Waals surface area contributed by atoms with Gasteiger partial charge in [-0.2, -0.15) is 0 Å². The Bertz CT molecular complexity index is 951. The number of nitrogens with zero attached hydrogens (tertiary/aromatic N) is 1. The standard InChI is InChI=1S/C23H27NO7/c1-27-19-10-15(11-20(28-2)21(19)29-3)22(26)24-8-6-23(13-24,7-9-25)16-4-5-17-18(12-16)31-14-30-17/h4-5,10-12,25H,6-9,13-14H2,1-3H3. The summed E-state index contributed by atoms with van der Waals surface area (Å²) >= 11 is 0. The summed E-state index contributed by atoms with van der Waals surface area (Å²) in [4.78, 5) is 15.2. The third kappa shape index (κ3) is 3.72. The van der Waals surface area contributed by atoms with E-state index in [9.17, 15) is 9.90 Å². The zero-order chi connectivity index (χ0) is 22.0. The number of hydrogen-bond acceptors (Lipinski definition) is 7. The van der Waals surface area contributed by atoms with Gasteiger partial charge >= 0.3 is 0 Å². The number of benzene rings is 2. The van der Waals surface area contributed by atoms with E-state index in [1.54, 1.807) is 17.0 Å². The van der Waals surface area contributed by atoms with Crippen molar-refractivity contribution in [3.8, 4) is 28.7 Å². The van der Waals surface area contributed by atoms with E-state index in [4.69, 9.17) is 23.7 Å². The molecule has 1 N–H and O–H groups in total. The lowest BCUT2D eigenvalue weighted by Crippen LogP contribution is -2.35. The number of methoxy groups -OCH3 is 3. The molecule has 1 fully saturated rings. The number of aliphatic hydroxyl groups excluding tert-OH is 1. The highest BCUT2D eigenvalue weighted by molar-refractivity contribution is 5.96. The lowest BCUT2D eigenvalue weighted by Gasteiger charge is -2.29. The smallest absolute Gasteiger partial charge is 0.254 e. The molecule has 0 bridgehead atoms. The minimum atomic E-state index is -0.355. The Balaban J connectivity index is 1.63. The first-order chi connectivity index (χ1) is 15.0. The summed E-state index contributed by atoms with van der Waals surface area (Å²) in [5, 5.41) is 9.78. The molecule has 1 unspecified atom stereocenters. The van der Waals surface area contributed by atoms with E-state index in [0.717, 1.165) is 12.0 Å². The highest BCUT2D eigenvalue weighted by atomic mass is 16.7. The highest BCUT2D eigenvalue weighted by Gasteiger charge is 2.42. The first-order valence-corrected chi connectivity index (χ1v) is 10.2. The fourth-order valence-electron chi connectivity index (χ4n) is 4.46. The minimum Gasteiger partial charge on any atom is -0.493 e. The molecule has 2 aliphatic heterocycles. The molecule has 2 aliphatic rings. The molecule has 0 spiro atoms. The van der Waals surface area contributed by atoms with Crippen LogP contribution < -0.4 is 23.7 Å². The normalized spacial score (nSPS) is 19.4. The summed E-state index contributed by atoms with van der Waals surface area (Å²) in [6.45, 7) is 1.30. The molecule has 2 aromatic carbocycles. The fourth-order valence-corrected chi connectivity index (χ4v) is 4.46. The summed E-state index contributed by atoms with van der Waals surface area (Å²) in [6.07, 6.45) is 1.29. The molecular formula is C23H27NO7. The van der Waals surface area contributed by atoms with Crippen molar-refractivity contribution in [2.45, 2.75) is 18.3 Å². The number of carbonyl (C=O) groups is 1. The van der Waals surface area contributed by atoms with Crippen LogP contribution in [0.4, 0.5) is 0 Å². The molecule has 0 aromatic heterocycles. The zero-order valence-corrected chi connectivity index (χ0v) is 18.0.